The first-order valence-electron chi connectivity index (χ1n) is 6.28. The van der Waals surface area contributed by atoms with E-state index in [9.17, 15) is 0 Å². The molecule has 18 heavy (non-hydrogen) atoms. The van der Waals surface area contributed by atoms with Crippen LogP contribution in [0.3, 0.4) is 0 Å². The zero-order valence-electron chi connectivity index (χ0n) is 10.0. The van der Waals surface area contributed by atoms with Gasteiger partial charge >= 0.3 is 0 Å². The molecular weight excluding hydrogens is 266 g/mol. The summed E-state index contributed by atoms with van der Waals surface area (Å²) in [5, 5.41) is 4.32. The summed E-state index contributed by atoms with van der Waals surface area (Å²) < 4.78 is 1.17. The first-order valence-corrected chi connectivity index (χ1v) is 7.53. The van der Waals surface area contributed by atoms with Gasteiger partial charge in [0.1, 0.15) is 5.52 Å². The first kappa shape index (κ1) is 12.2. The van der Waals surface area contributed by atoms with Gasteiger partial charge in [-0.15, -0.1) is 11.3 Å². The minimum atomic E-state index is 0.430. The second-order valence-electron chi connectivity index (χ2n) is 4.80. The Balaban J connectivity index is 1.94. The summed E-state index contributed by atoms with van der Waals surface area (Å²) in [4.78, 5) is 4.41. The van der Waals surface area contributed by atoms with E-state index >= 15 is 0 Å². The fourth-order valence-corrected chi connectivity index (χ4v) is 3.63. The molecule has 0 radical (unpaired) electrons. The molecule has 2 atom stereocenters. The number of nitrogens with zero attached hydrogens (tertiary/aromatic N) is 1. The molecule has 2 unspecified atom stereocenters. The highest BCUT2D eigenvalue weighted by Gasteiger charge is 2.27. The molecule has 1 heterocycles. The van der Waals surface area contributed by atoms with Crippen LogP contribution in [-0.4, -0.2) is 17.6 Å². The zero-order chi connectivity index (χ0) is 12.5. The molecule has 0 aliphatic heterocycles. The SMILES string of the molecule is NCC1CCCC1Nc1c(Cl)ccc2scnc12. The molecule has 0 saturated heterocycles. The third-order valence-electron chi connectivity index (χ3n) is 3.74. The van der Waals surface area contributed by atoms with Crippen molar-refractivity contribution in [1.82, 2.24) is 4.98 Å². The summed E-state index contributed by atoms with van der Waals surface area (Å²) in [5.41, 5.74) is 9.64. The fraction of sp³-hybridized carbons (Fsp3) is 0.462. The Hall–Kier alpha value is -0.840. The van der Waals surface area contributed by atoms with Crippen molar-refractivity contribution in [2.75, 3.05) is 11.9 Å². The normalized spacial score (nSPS) is 23.7. The van der Waals surface area contributed by atoms with Crippen LogP contribution in [0.25, 0.3) is 10.2 Å². The van der Waals surface area contributed by atoms with E-state index in [2.05, 4.69) is 10.3 Å². The zero-order valence-corrected chi connectivity index (χ0v) is 11.6. The number of benzene rings is 1. The van der Waals surface area contributed by atoms with Gasteiger partial charge in [0.15, 0.2) is 0 Å². The van der Waals surface area contributed by atoms with Crippen molar-refractivity contribution in [1.29, 1.82) is 0 Å². The van der Waals surface area contributed by atoms with Crippen molar-refractivity contribution < 1.29 is 0 Å². The third-order valence-corrected chi connectivity index (χ3v) is 4.85. The van der Waals surface area contributed by atoms with Crippen LogP contribution in [0.4, 0.5) is 5.69 Å². The van der Waals surface area contributed by atoms with Crippen LogP contribution < -0.4 is 11.1 Å². The number of thiazole rings is 1. The van der Waals surface area contributed by atoms with E-state index in [1.54, 1.807) is 11.3 Å². The number of fused-ring (bicyclic) bond motifs is 1. The summed E-state index contributed by atoms with van der Waals surface area (Å²) in [6, 6.07) is 4.40. The largest absolute Gasteiger partial charge is 0.379 e. The van der Waals surface area contributed by atoms with Crippen molar-refractivity contribution in [3.05, 3.63) is 22.7 Å². The fourth-order valence-electron chi connectivity index (χ4n) is 2.74. The number of nitrogens with one attached hydrogen (secondary N) is 1. The molecule has 1 fully saturated rings. The summed E-state index contributed by atoms with van der Waals surface area (Å²) in [7, 11) is 0. The van der Waals surface area contributed by atoms with Gasteiger partial charge in [0.2, 0.25) is 0 Å². The maximum absolute atomic E-state index is 6.30. The minimum Gasteiger partial charge on any atom is -0.379 e. The third kappa shape index (κ3) is 2.09. The lowest BCUT2D eigenvalue weighted by molar-refractivity contribution is 0.517. The Morgan fingerprint density at radius 1 is 1.44 bits per heavy atom. The molecule has 1 saturated carbocycles. The number of hydrogen-bond acceptors (Lipinski definition) is 4. The number of rotatable bonds is 3. The van der Waals surface area contributed by atoms with E-state index in [-0.39, 0.29) is 0 Å². The Kier molecular flexibility index (Phi) is 3.41. The minimum absolute atomic E-state index is 0.430. The molecular formula is C13H16ClN3S. The van der Waals surface area contributed by atoms with E-state index in [0.29, 0.717) is 12.0 Å². The van der Waals surface area contributed by atoms with E-state index in [4.69, 9.17) is 17.3 Å². The smallest absolute Gasteiger partial charge is 0.106 e. The molecule has 0 bridgehead atoms. The average molecular weight is 282 g/mol. The van der Waals surface area contributed by atoms with Crippen LogP contribution in [0.15, 0.2) is 17.6 Å². The highest BCUT2D eigenvalue weighted by molar-refractivity contribution is 7.16. The van der Waals surface area contributed by atoms with Gasteiger partial charge in [-0.25, -0.2) is 4.98 Å². The average Bonchev–Trinajstić information content (AvgIpc) is 3.01. The molecule has 1 aliphatic rings. The molecule has 0 amide bonds. The monoisotopic (exact) mass is 281 g/mol. The van der Waals surface area contributed by atoms with Crippen molar-refractivity contribution >= 4 is 38.8 Å². The quantitative estimate of drug-likeness (QED) is 0.905. The van der Waals surface area contributed by atoms with E-state index in [1.165, 1.54) is 24.0 Å². The number of hydrogen-bond donors (Lipinski definition) is 2. The number of aromatic nitrogens is 1. The highest BCUT2D eigenvalue weighted by Crippen LogP contribution is 2.35. The molecule has 5 heteroatoms. The van der Waals surface area contributed by atoms with Crippen LogP contribution >= 0.6 is 22.9 Å². The maximum Gasteiger partial charge on any atom is 0.106 e. The standard InChI is InChI=1S/C13H16ClN3S/c14-9-4-5-11-13(16-7-18-11)12(9)17-10-3-1-2-8(10)6-15/h4-5,7-8,10,17H,1-3,6,15H2. The number of anilines is 1. The van der Waals surface area contributed by atoms with Crippen LogP contribution in [0.2, 0.25) is 5.02 Å². The Morgan fingerprint density at radius 3 is 3.17 bits per heavy atom. The molecule has 2 aromatic rings. The van der Waals surface area contributed by atoms with Gasteiger partial charge in [-0.1, -0.05) is 18.0 Å². The van der Waals surface area contributed by atoms with Crippen molar-refractivity contribution in [2.45, 2.75) is 25.3 Å². The second-order valence-corrected chi connectivity index (χ2v) is 6.09. The summed E-state index contributed by atoms with van der Waals surface area (Å²) in [5.74, 6) is 0.551. The summed E-state index contributed by atoms with van der Waals surface area (Å²) >= 11 is 7.94. The van der Waals surface area contributed by atoms with Crippen molar-refractivity contribution in [3.63, 3.8) is 0 Å². The van der Waals surface area contributed by atoms with E-state index < -0.39 is 0 Å². The van der Waals surface area contributed by atoms with Gasteiger partial charge in [0, 0.05) is 6.04 Å². The van der Waals surface area contributed by atoms with Gasteiger partial charge in [-0.3, -0.25) is 0 Å². The number of halogens is 1. The Bertz CT molecular complexity index is 554. The lowest BCUT2D eigenvalue weighted by Gasteiger charge is -2.21. The van der Waals surface area contributed by atoms with Gasteiger partial charge in [0.25, 0.3) is 0 Å². The van der Waals surface area contributed by atoms with Gasteiger partial charge in [-0.2, -0.15) is 0 Å². The molecule has 1 aliphatic carbocycles. The molecule has 3 nitrogen and oxygen atoms in total. The van der Waals surface area contributed by atoms with Crippen molar-refractivity contribution in [3.8, 4) is 0 Å². The van der Waals surface area contributed by atoms with Gasteiger partial charge in [-0.05, 0) is 37.4 Å². The molecule has 1 aromatic carbocycles. The molecule has 96 valence electrons. The Morgan fingerprint density at radius 2 is 2.33 bits per heavy atom. The Labute approximate surface area is 115 Å². The molecule has 1 aromatic heterocycles. The van der Waals surface area contributed by atoms with Crippen LogP contribution in [0.5, 0.6) is 0 Å². The molecule has 3 N–H and O–H groups in total. The highest BCUT2D eigenvalue weighted by atomic mass is 35.5. The molecule has 0 spiro atoms. The van der Waals surface area contributed by atoms with Crippen molar-refractivity contribution in [2.24, 2.45) is 11.7 Å². The maximum atomic E-state index is 6.30. The van der Waals surface area contributed by atoms with E-state index in [1.807, 2.05) is 17.6 Å². The van der Waals surface area contributed by atoms with Gasteiger partial charge in [0.05, 0.1) is 20.9 Å². The lowest BCUT2D eigenvalue weighted by Crippen LogP contribution is -2.29. The van der Waals surface area contributed by atoms with Gasteiger partial charge < -0.3 is 11.1 Å². The van der Waals surface area contributed by atoms with Crippen LogP contribution in [0, 0.1) is 5.92 Å². The topological polar surface area (TPSA) is 50.9 Å². The lowest BCUT2D eigenvalue weighted by atomic mass is 10.0. The predicted molar refractivity (Wildman–Crippen MR) is 78.4 cm³/mol. The molecule has 3 rings (SSSR count). The summed E-state index contributed by atoms with van der Waals surface area (Å²) in [6.45, 7) is 0.738. The number of nitrogens with two attached hydrogens (primary N) is 1. The van der Waals surface area contributed by atoms with Crippen LogP contribution in [0.1, 0.15) is 19.3 Å². The second kappa shape index (κ2) is 5.03. The van der Waals surface area contributed by atoms with Crippen LogP contribution in [-0.2, 0) is 0 Å². The van der Waals surface area contributed by atoms with E-state index in [0.717, 1.165) is 22.8 Å². The predicted octanol–water partition coefficient (Wildman–Crippen LogP) is 3.49. The first-order chi connectivity index (χ1) is 8.79. The summed E-state index contributed by atoms with van der Waals surface area (Å²) in [6.07, 6.45) is 3.61.